The van der Waals surface area contributed by atoms with Crippen molar-refractivity contribution in [2.24, 2.45) is 5.73 Å². The third kappa shape index (κ3) is 2.07. The second kappa shape index (κ2) is 3.85. The second-order valence-corrected chi connectivity index (χ2v) is 3.74. The monoisotopic (exact) mass is 236 g/mol. The number of nitrogens with zero attached hydrogens (tertiary/aromatic N) is 1. The van der Waals surface area contributed by atoms with E-state index >= 15 is 0 Å². The number of carbonyl (C=O) groups is 1. The van der Waals surface area contributed by atoms with Gasteiger partial charge in [0.05, 0.1) is 23.4 Å². The van der Waals surface area contributed by atoms with E-state index in [1.54, 1.807) is 18.0 Å². The summed E-state index contributed by atoms with van der Waals surface area (Å²) in [5.74, 6) is -1.01. The maximum absolute atomic E-state index is 11.0. The average molecular weight is 236 g/mol. The Kier molecular flexibility index (Phi) is 2.51. The topological polar surface area (TPSA) is 118 Å². The Morgan fingerprint density at radius 1 is 1.53 bits per heavy atom. The van der Waals surface area contributed by atoms with Crippen LogP contribution in [-0.4, -0.2) is 24.5 Å². The quantitative estimate of drug-likeness (QED) is 0.628. The number of benzene rings is 1. The molecule has 2 rings (SSSR count). The Morgan fingerprint density at radius 3 is 2.88 bits per heavy atom. The number of nitrogen functional groups attached to an aromatic ring is 1. The lowest BCUT2D eigenvalue weighted by Gasteiger charge is -2.18. The first-order valence-electron chi connectivity index (χ1n) is 4.89. The molecule has 2 aromatic rings. The van der Waals surface area contributed by atoms with E-state index in [1.807, 2.05) is 0 Å². The third-order valence-electron chi connectivity index (χ3n) is 2.37. The van der Waals surface area contributed by atoms with Gasteiger partial charge in [0.15, 0.2) is 5.58 Å². The van der Waals surface area contributed by atoms with Crippen molar-refractivity contribution in [2.75, 3.05) is 24.2 Å². The number of H-pyrrole nitrogens is 1. The van der Waals surface area contributed by atoms with E-state index < -0.39 is 11.7 Å². The van der Waals surface area contributed by atoms with Crippen molar-refractivity contribution in [1.82, 2.24) is 4.98 Å². The number of likely N-dealkylation sites (N-methyl/N-ethyl adjacent to an activating group) is 1. The fourth-order valence-electron chi connectivity index (χ4n) is 1.65. The minimum absolute atomic E-state index is 0.0395. The van der Waals surface area contributed by atoms with Gasteiger partial charge < -0.3 is 20.8 Å². The molecule has 0 aliphatic rings. The molecule has 0 unspecified atom stereocenters. The Balaban J connectivity index is 2.49. The zero-order valence-corrected chi connectivity index (χ0v) is 9.19. The van der Waals surface area contributed by atoms with E-state index in [2.05, 4.69) is 4.98 Å². The van der Waals surface area contributed by atoms with Crippen LogP contribution in [0.3, 0.4) is 0 Å². The maximum atomic E-state index is 11.0. The molecule has 0 saturated carbocycles. The standard InChI is InChI=1S/C10H12N4O3/c1-14(4-9(12)15)7-3-6-8(2-5(7)11)17-10(16)13-6/h2-3H,4,11H2,1H3,(H2,12,15)(H,13,16). The summed E-state index contributed by atoms with van der Waals surface area (Å²) in [6.07, 6.45) is 0. The summed E-state index contributed by atoms with van der Waals surface area (Å²) < 4.78 is 4.86. The molecule has 1 aromatic carbocycles. The molecule has 7 heteroatoms. The first kappa shape index (κ1) is 11.1. The molecule has 0 radical (unpaired) electrons. The average Bonchev–Trinajstić information content (AvgIpc) is 2.54. The first-order chi connectivity index (χ1) is 7.97. The molecule has 7 nitrogen and oxygen atoms in total. The molecule has 17 heavy (non-hydrogen) atoms. The highest BCUT2D eigenvalue weighted by molar-refractivity contribution is 5.88. The first-order valence-corrected chi connectivity index (χ1v) is 4.89. The molecule has 1 amide bonds. The van der Waals surface area contributed by atoms with Crippen LogP contribution >= 0.6 is 0 Å². The van der Waals surface area contributed by atoms with Gasteiger partial charge in [-0.3, -0.25) is 9.78 Å². The molecule has 0 atom stereocenters. The molecule has 0 aliphatic heterocycles. The smallest absolute Gasteiger partial charge is 0.408 e. The molecule has 0 saturated heterocycles. The number of hydrogen-bond donors (Lipinski definition) is 3. The van der Waals surface area contributed by atoms with Crippen LogP contribution in [0.25, 0.3) is 11.1 Å². The number of aromatic amines is 1. The lowest BCUT2D eigenvalue weighted by atomic mass is 10.2. The van der Waals surface area contributed by atoms with Gasteiger partial charge in [0.2, 0.25) is 5.91 Å². The summed E-state index contributed by atoms with van der Waals surface area (Å²) in [6, 6.07) is 3.17. The summed E-state index contributed by atoms with van der Waals surface area (Å²) in [4.78, 5) is 25.9. The lowest BCUT2D eigenvalue weighted by molar-refractivity contribution is -0.116. The molecule has 0 fully saturated rings. The summed E-state index contributed by atoms with van der Waals surface area (Å²) >= 11 is 0. The summed E-state index contributed by atoms with van der Waals surface area (Å²) in [6.45, 7) is 0.0395. The maximum Gasteiger partial charge on any atom is 0.417 e. The van der Waals surface area contributed by atoms with Crippen LogP contribution in [-0.2, 0) is 4.79 Å². The van der Waals surface area contributed by atoms with Crippen LogP contribution in [0.5, 0.6) is 0 Å². The van der Waals surface area contributed by atoms with Crippen LogP contribution in [0.4, 0.5) is 11.4 Å². The zero-order chi connectivity index (χ0) is 12.6. The van der Waals surface area contributed by atoms with Gasteiger partial charge >= 0.3 is 5.76 Å². The number of carbonyl (C=O) groups excluding carboxylic acids is 1. The highest BCUT2D eigenvalue weighted by atomic mass is 16.4. The van der Waals surface area contributed by atoms with Gasteiger partial charge in [-0.15, -0.1) is 0 Å². The van der Waals surface area contributed by atoms with Crippen molar-refractivity contribution in [3.63, 3.8) is 0 Å². The fourth-order valence-corrected chi connectivity index (χ4v) is 1.65. The Hall–Kier alpha value is -2.44. The molecule has 0 bridgehead atoms. The number of nitrogens with one attached hydrogen (secondary N) is 1. The molecular formula is C10H12N4O3. The number of nitrogens with two attached hydrogens (primary N) is 2. The summed E-state index contributed by atoms with van der Waals surface area (Å²) in [5.41, 5.74) is 12.8. The van der Waals surface area contributed by atoms with E-state index in [4.69, 9.17) is 15.9 Å². The van der Waals surface area contributed by atoms with Gasteiger partial charge in [0, 0.05) is 13.1 Å². The molecular weight excluding hydrogens is 224 g/mol. The second-order valence-electron chi connectivity index (χ2n) is 3.74. The van der Waals surface area contributed by atoms with E-state index in [9.17, 15) is 9.59 Å². The van der Waals surface area contributed by atoms with Crippen molar-refractivity contribution in [3.05, 3.63) is 22.7 Å². The number of aromatic nitrogens is 1. The molecule has 0 spiro atoms. The molecule has 0 aliphatic carbocycles. The van der Waals surface area contributed by atoms with Crippen LogP contribution in [0, 0.1) is 0 Å². The van der Waals surface area contributed by atoms with Gasteiger partial charge in [0.1, 0.15) is 0 Å². The van der Waals surface area contributed by atoms with Crippen molar-refractivity contribution in [3.8, 4) is 0 Å². The number of oxazole rings is 1. The van der Waals surface area contributed by atoms with Gasteiger partial charge in [-0.25, -0.2) is 4.79 Å². The van der Waals surface area contributed by atoms with E-state index in [-0.39, 0.29) is 6.54 Å². The number of primary amides is 1. The number of rotatable bonds is 3. The van der Waals surface area contributed by atoms with Crippen LogP contribution in [0.15, 0.2) is 21.3 Å². The molecule has 5 N–H and O–H groups in total. The minimum Gasteiger partial charge on any atom is -0.408 e. The third-order valence-corrected chi connectivity index (χ3v) is 2.37. The Bertz CT molecular complexity index is 628. The minimum atomic E-state index is -0.547. The van der Waals surface area contributed by atoms with Gasteiger partial charge in [-0.2, -0.15) is 0 Å². The van der Waals surface area contributed by atoms with Crippen molar-refractivity contribution in [2.45, 2.75) is 0 Å². The largest absolute Gasteiger partial charge is 0.417 e. The molecule has 1 heterocycles. The van der Waals surface area contributed by atoms with Crippen LogP contribution in [0.1, 0.15) is 0 Å². The normalized spacial score (nSPS) is 10.6. The van der Waals surface area contributed by atoms with Crippen molar-refractivity contribution >= 4 is 28.4 Å². The number of anilines is 2. The van der Waals surface area contributed by atoms with Gasteiger partial charge in [-0.1, -0.05) is 0 Å². The Morgan fingerprint density at radius 2 is 2.24 bits per heavy atom. The molecule has 90 valence electrons. The highest BCUT2D eigenvalue weighted by Crippen LogP contribution is 2.26. The van der Waals surface area contributed by atoms with Crippen molar-refractivity contribution < 1.29 is 9.21 Å². The fraction of sp³-hybridized carbons (Fsp3) is 0.200. The Labute approximate surface area is 96.0 Å². The van der Waals surface area contributed by atoms with E-state index in [0.717, 1.165) is 0 Å². The van der Waals surface area contributed by atoms with Crippen LogP contribution < -0.4 is 22.1 Å². The zero-order valence-electron chi connectivity index (χ0n) is 9.19. The van der Waals surface area contributed by atoms with Gasteiger partial charge in [-0.05, 0) is 6.07 Å². The SMILES string of the molecule is CN(CC(N)=O)c1cc2[nH]c(=O)oc2cc1N. The van der Waals surface area contributed by atoms with Crippen LogP contribution in [0.2, 0.25) is 0 Å². The molecule has 1 aromatic heterocycles. The van der Waals surface area contributed by atoms with Crippen molar-refractivity contribution in [1.29, 1.82) is 0 Å². The number of amides is 1. The van der Waals surface area contributed by atoms with E-state index in [0.29, 0.717) is 22.5 Å². The van der Waals surface area contributed by atoms with Gasteiger partial charge in [0.25, 0.3) is 0 Å². The summed E-state index contributed by atoms with van der Waals surface area (Å²) in [5, 5.41) is 0. The number of fused-ring (bicyclic) bond motifs is 1. The van der Waals surface area contributed by atoms with E-state index in [1.165, 1.54) is 6.07 Å². The predicted octanol–water partition coefficient (Wildman–Crippen LogP) is -0.375. The summed E-state index contributed by atoms with van der Waals surface area (Å²) in [7, 11) is 1.68. The number of hydrogen-bond acceptors (Lipinski definition) is 5. The highest BCUT2D eigenvalue weighted by Gasteiger charge is 2.11. The lowest BCUT2D eigenvalue weighted by Crippen LogP contribution is -2.30. The predicted molar refractivity (Wildman–Crippen MR) is 63.7 cm³/mol.